The van der Waals surface area contributed by atoms with E-state index in [0.29, 0.717) is 18.8 Å². The zero-order valence-corrected chi connectivity index (χ0v) is 24.0. The summed E-state index contributed by atoms with van der Waals surface area (Å²) in [6.45, 7) is 2.85. The molecule has 1 aliphatic rings. The van der Waals surface area contributed by atoms with Crippen molar-refractivity contribution in [3.63, 3.8) is 0 Å². The number of fused-ring (bicyclic) bond motifs is 1. The Balaban J connectivity index is 1.18. The highest BCUT2D eigenvalue weighted by Gasteiger charge is 2.20. The zero-order chi connectivity index (χ0) is 28.6. The van der Waals surface area contributed by atoms with E-state index in [1.165, 1.54) is 22.5 Å². The van der Waals surface area contributed by atoms with E-state index in [4.69, 9.17) is 14.5 Å². The topological polar surface area (TPSA) is 76.6 Å². The van der Waals surface area contributed by atoms with Crippen molar-refractivity contribution in [2.45, 2.75) is 32.0 Å². The van der Waals surface area contributed by atoms with Gasteiger partial charge in [-0.3, -0.25) is 14.7 Å². The standard InChI is InChI=1S/C34H32N4O3S/c39-34(36-20-26-8-7-16-35-19-26)30-23-42-33(37-30)22-38(21-25-13-14-31-32(18-25)41-24-40-31)17-15-29(27-9-3-1-4-10-27)28-11-5-2-6-12-28/h1-14,16,18-19,23,29H,15,17,20-22,24H2,(H,36,39). The lowest BCUT2D eigenvalue weighted by Crippen LogP contribution is -2.26. The Morgan fingerprint density at radius 2 is 1.64 bits per heavy atom. The predicted molar refractivity (Wildman–Crippen MR) is 164 cm³/mol. The van der Waals surface area contributed by atoms with E-state index in [9.17, 15) is 4.79 Å². The highest BCUT2D eigenvalue weighted by Crippen LogP contribution is 2.33. The molecule has 0 bridgehead atoms. The van der Waals surface area contributed by atoms with Crippen LogP contribution in [0.25, 0.3) is 0 Å². The molecule has 7 nitrogen and oxygen atoms in total. The van der Waals surface area contributed by atoms with Gasteiger partial charge in [0.25, 0.3) is 5.91 Å². The van der Waals surface area contributed by atoms with Gasteiger partial charge in [-0.15, -0.1) is 11.3 Å². The van der Waals surface area contributed by atoms with Crippen LogP contribution in [0.5, 0.6) is 11.5 Å². The molecule has 5 aromatic rings. The van der Waals surface area contributed by atoms with Gasteiger partial charge in [0, 0.05) is 36.8 Å². The number of hydrogen-bond donors (Lipinski definition) is 1. The molecule has 2 aromatic heterocycles. The second-order valence-corrected chi connectivity index (χ2v) is 11.2. The van der Waals surface area contributed by atoms with Crippen LogP contribution in [-0.4, -0.2) is 34.1 Å². The number of carbonyl (C=O) groups excluding carboxylic acids is 1. The molecule has 1 aliphatic heterocycles. The van der Waals surface area contributed by atoms with Gasteiger partial charge in [-0.05, 0) is 53.4 Å². The smallest absolute Gasteiger partial charge is 0.271 e. The molecule has 1 N–H and O–H groups in total. The minimum atomic E-state index is -0.183. The maximum absolute atomic E-state index is 12.8. The number of amides is 1. The number of rotatable bonds is 12. The third kappa shape index (κ3) is 7.02. The lowest BCUT2D eigenvalue weighted by molar-refractivity contribution is 0.0946. The van der Waals surface area contributed by atoms with Crippen molar-refractivity contribution in [2.75, 3.05) is 13.3 Å². The fourth-order valence-corrected chi connectivity index (χ4v) is 5.99. The summed E-state index contributed by atoms with van der Waals surface area (Å²) in [6.07, 6.45) is 4.40. The molecule has 0 spiro atoms. The van der Waals surface area contributed by atoms with Crippen LogP contribution in [0, 0.1) is 0 Å². The van der Waals surface area contributed by atoms with Crippen LogP contribution in [0.15, 0.2) is 109 Å². The minimum absolute atomic E-state index is 0.183. The van der Waals surface area contributed by atoms with Gasteiger partial charge in [-0.1, -0.05) is 72.8 Å². The number of hydrogen-bond acceptors (Lipinski definition) is 7. The average molecular weight is 577 g/mol. The van der Waals surface area contributed by atoms with Crippen molar-refractivity contribution < 1.29 is 14.3 Å². The monoisotopic (exact) mass is 576 g/mol. The summed E-state index contributed by atoms with van der Waals surface area (Å²) >= 11 is 1.51. The van der Waals surface area contributed by atoms with Crippen molar-refractivity contribution >= 4 is 17.2 Å². The molecule has 0 aliphatic carbocycles. The highest BCUT2D eigenvalue weighted by atomic mass is 32.1. The summed E-state index contributed by atoms with van der Waals surface area (Å²) in [6, 6.07) is 31.3. The van der Waals surface area contributed by atoms with Gasteiger partial charge in [0.2, 0.25) is 6.79 Å². The Hall–Kier alpha value is -4.53. The number of benzene rings is 3. The molecule has 42 heavy (non-hydrogen) atoms. The number of pyridine rings is 1. The molecule has 212 valence electrons. The summed E-state index contributed by atoms with van der Waals surface area (Å²) in [5.41, 5.74) is 5.12. The molecule has 0 atom stereocenters. The van der Waals surface area contributed by atoms with Gasteiger partial charge < -0.3 is 14.8 Å². The summed E-state index contributed by atoms with van der Waals surface area (Å²) < 4.78 is 11.2. The van der Waals surface area contributed by atoms with Gasteiger partial charge in [-0.2, -0.15) is 0 Å². The second-order valence-electron chi connectivity index (χ2n) is 10.2. The minimum Gasteiger partial charge on any atom is -0.454 e. The Kier molecular flexibility index (Phi) is 8.83. The van der Waals surface area contributed by atoms with Gasteiger partial charge in [-0.25, -0.2) is 4.98 Å². The highest BCUT2D eigenvalue weighted by molar-refractivity contribution is 7.09. The van der Waals surface area contributed by atoms with E-state index >= 15 is 0 Å². The SMILES string of the molecule is O=C(NCc1cccnc1)c1csc(CN(CCC(c2ccccc2)c2ccccc2)Cc2ccc3c(c2)OCO3)n1. The molecule has 3 aromatic carbocycles. The van der Waals surface area contributed by atoms with Crippen LogP contribution in [0.4, 0.5) is 0 Å². The normalized spacial score (nSPS) is 12.1. The van der Waals surface area contributed by atoms with E-state index in [1.54, 1.807) is 12.4 Å². The Bertz CT molecular complexity index is 1560. The fourth-order valence-electron chi connectivity index (χ4n) is 5.17. The molecule has 6 rings (SSSR count). The maximum Gasteiger partial charge on any atom is 0.271 e. The molecular formula is C34H32N4O3S. The molecule has 0 unspecified atom stereocenters. The fraction of sp³-hybridized carbons (Fsp3) is 0.206. The van der Waals surface area contributed by atoms with E-state index in [2.05, 4.69) is 88.0 Å². The lowest BCUT2D eigenvalue weighted by Gasteiger charge is -2.25. The van der Waals surface area contributed by atoms with E-state index in [-0.39, 0.29) is 18.6 Å². The van der Waals surface area contributed by atoms with Gasteiger partial charge in [0.05, 0.1) is 6.54 Å². The first-order chi connectivity index (χ1) is 20.7. The number of thiazole rings is 1. The summed E-state index contributed by atoms with van der Waals surface area (Å²) in [7, 11) is 0. The van der Waals surface area contributed by atoms with Crippen LogP contribution in [0.2, 0.25) is 0 Å². The van der Waals surface area contributed by atoms with Crippen molar-refractivity contribution in [1.82, 2.24) is 20.2 Å². The van der Waals surface area contributed by atoms with Crippen LogP contribution in [-0.2, 0) is 19.6 Å². The first-order valence-electron chi connectivity index (χ1n) is 14.0. The Morgan fingerprint density at radius 3 is 2.38 bits per heavy atom. The van der Waals surface area contributed by atoms with Crippen LogP contribution < -0.4 is 14.8 Å². The first kappa shape index (κ1) is 27.6. The molecule has 1 amide bonds. The Morgan fingerprint density at radius 1 is 0.881 bits per heavy atom. The number of ether oxygens (including phenoxy) is 2. The third-order valence-corrected chi connectivity index (χ3v) is 8.13. The largest absolute Gasteiger partial charge is 0.454 e. The molecular weight excluding hydrogens is 544 g/mol. The predicted octanol–water partition coefficient (Wildman–Crippen LogP) is 6.42. The van der Waals surface area contributed by atoms with Crippen LogP contribution in [0.3, 0.4) is 0 Å². The Labute approximate surface area is 249 Å². The number of nitrogens with zero attached hydrogens (tertiary/aromatic N) is 3. The van der Waals surface area contributed by atoms with E-state index in [0.717, 1.165) is 47.1 Å². The number of nitrogens with one attached hydrogen (secondary N) is 1. The van der Waals surface area contributed by atoms with Gasteiger partial charge >= 0.3 is 0 Å². The molecule has 0 saturated carbocycles. The lowest BCUT2D eigenvalue weighted by atomic mass is 9.88. The summed E-state index contributed by atoms with van der Waals surface area (Å²) in [4.78, 5) is 24.0. The molecule has 0 radical (unpaired) electrons. The summed E-state index contributed by atoms with van der Waals surface area (Å²) in [5, 5.41) is 5.69. The van der Waals surface area contributed by atoms with E-state index in [1.807, 2.05) is 23.6 Å². The maximum atomic E-state index is 12.8. The zero-order valence-electron chi connectivity index (χ0n) is 23.2. The summed E-state index contributed by atoms with van der Waals surface area (Å²) in [5.74, 6) is 1.63. The van der Waals surface area contributed by atoms with E-state index < -0.39 is 0 Å². The second kappa shape index (κ2) is 13.4. The quantitative estimate of drug-likeness (QED) is 0.185. The molecule has 8 heteroatoms. The van der Waals surface area contributed by atoms with Gasteiger partial charge in [0.15, 0.2) is 11.5 Å². The van der Waals surface area contributed by atoms with Crippen LogP contribution >= 0.6 is 11.3 Å². The molecule has 0 saturated heterocycles. The molecule has 0 fully saturated rings. The first-order valence-corrected chi connectivity index (χ1v) is 14.9. The average Bonchev–Trinajstić information content (AvgIpc) is 3.71. The van der Waals surface area contributed by atoms with Crippen molar-refractivity contribution in [3.05, 3.63) is 142 Å². The number of carbonyl (C=O) groups is 1. The third-order valence-electron chi connectivity index (χ3n) is 7.30. The molecule has 3 heterocycles. The number of aromatic nitrogens is 2. The van der Waals surface area contributed by atoms with Crippen molar-refractivity contribution in [1.29, 1.82) is 0 Å². The van der Waals surface area contributed by atoms with Crippen molar-refractivity contribution in [3.8, 4) is 11.5 Å². The van der Waals surface area contributed by atoms with Crippen molar-refractivity contribution in [2.24, 2.45) is 0 Å². The van der Waals surface area contributed by atoms with Gasteiger partial charge in [0.1, 0.15) is 10.7 Å². The van der Waals surface area contributed by atoms with Crippen LogP contribution in [0.1, 0.15) is 50.1 Å².